The Morgan fingerprint density at radius 2 is 2.10 bits per heavy atom. The highest BCUT2D eigenvalue weighted by Gasteiger charge is 2.05. The van der Waals surface area contributed by atoms with Crippen LogP contribution in [-0.4, -0.2) is 24.7 Å². The van der Waals surface area contributed by atoms with Crippen molar-refractivity contribution in [2.45, 2.75) is 31.2 Å². The Morgan fingerprint density at radius 1 is 1.40 bits per heavy atom. The van der Waals surface area contributed by atoms with Crippen molar-refractivity contribution in [2.24, 2.45) is 0 Å². The van der Waals surface area contributed by atoms with Crippen molar-refractivity contribution in [1.82, 2.24) is 10.6 Å². The largest absolute Gasteiger partial charge is 0.342 e. The van der Waals surface area contributed by atoms with Gasteiger partial charge < -0.3 is 10.6 Å². The van der Waals surface area contributed by atoms with Crippen LogP contribution in [0.5, 0.6) is 0 Å². The van der Waals surface area contributed by atoms with E-state index in [1.807, 2.05) is 18.2 Å². The molecule has 1 aromatic rings. The standard InChI is InChI=1S/C15H21N3OS/c1-3-9-17-12(2)13-4-6-14(7-5-13)20-11-15(19)18-10-8-16/h4-7,12,17H,3,9-11H2,1-2H3,(H,18,19). The highest BCUT2D eigenvalue weighted by atomic mass is 32.2. The van der Waals surface area contributed by atoms with Crippen molar-refractivity contribution in [3.8, 4) is 6.07 Å². The predicted molar refractivity (Wildman–Crippen MR) is 82.5 cm³/mol. The number of nitrogens with one attached hydrogen (secondary N) is 2. The second kappa shape index (κ2) is 9.40. The lowest BCUT2D eigenvalue weighted by atomic mass is 10.1. The maximum absolute atomic E-state index is 11.4. The minimum Gasteiger partial charge on any atom is -0.342 e. The summed E-state index contributed by atoms with van der Waals surface area (Å²) >= 11 is 1.48. The van der Waals surface area contributed by atoms with Crippen LogP contribution in [0.25, 0.3) is 0 Å². The number of carbonyl (C=O) groups is 1. The highest BCUT2D eigenvalue weighted by Crippen LogP contribution is 2.20. The molecule has 0 heterocycles. The first-order valence-electron chi connectivity index (χ1n) is 6.77. The van der Waals surface area contributed by atoms with Crippen LogP contribution in [0.3, 0.4) is 0 Å². The highest BCUT2D eigenvalue weighted by molar-refractivity contribution is 8.00. The maximum Gasteiger partial charge on any atom is 0.231 e. The summed E-state index contributed by atoms with van der Waals surface area (Å²) in [5, 5.41) is 14.3. The number of thioether (sulfide) groups is 1. The second-order valence-electron chi connectivity index (χ2n) is 4.47. The lowest BCUT2D eigenvalue weighted by Crippen LogP contribution is -2.25. The third-order valence-corrected chi connectivity index (χ3v) is 3.83. The molecule has 0 aromatic heterocycles. The summed E-state index contributed by atoms with van der Waals surface area (Å²) in [5.41, 5.74) is 1.25. The van der Waals surface area contributed by atoms with Crippen LogP contribution in [0, 0.1) is 11.3 Å². The van der Waals surface area contributed by atoms with E-state index in [4.69, 9.17) is 5.26 Å². The van der Waals surface area contributed by atoms with Crippen molar-refractivity contribution >= 4 is 17.7 Å². The predicted octanol–water partition coefficient (Wildman–Crippen LogP) is 2.48. The molecule has 1 rings (SSSR count). The van der Waals surface area contributed by atoms with Gasteiger partial charge in [0, 0.05) is 10.9 Å². The van der Waals surface area contributed by atoms with Gasteiger partial charge >= 0.3 is 0 Å². The second-order valence-corrected chi connectivity index (χ2v) is 5.52. The third-order valence-electron chi connectivity index (χ3n) is 2.82. The molecular formula is C15H21N3OS. The van der Waals surface area contributed by atoms with Gasteiger partial charge in [-0.25, -0.2) is 0 Å². The Morgan fingerprint density at radius 3 is 2.70 bits per heavy atom. The van der Waals surface area contributed by atoms with Crippen molar-refractivity contribution in [1.29, 1.82) is 5.26 Å². The van der Waals surface area contributed by atoms with Crippen LogP contribution in [0.4, 0.5) is 0 Å². The summed E-state index contributed by atoms with van der Waals surface area (Å²) in [4.78, 5) is 12.4. The van der Waals surface area contributed by atoms with Crippen molar-refractivity contribution in [3.05, 3.63) is 29.8 Å². The Kier molecular flexibility index (Phi) is 7.78. The number of hydrogen-bond donors (Lipinski definition) is 2. The van der Waals surface area contributed by atoms with E-state index in [2.05, 4.69) is 36.6 Å². The molecule has 1 aromatic carbocycles. The molecule has 0 aliphatic heterocycles. The summed E-state index contributed by atoms with van der Waals surface area (Å²) in [6.45, 7) is 5.37. The van der Waals surface area contributed by atoms with Crippen LogP contribution in [0.1, 0.15) is 31.9 Å². The average molecular weight is 291 g/mol. The van der Waals surface area contributed by atoms with Crippen molar-refractivity contribution in [2.75, 3.05) is 18.8 Å². The summed E-state index contributed by atoms with van der Waals surface area (Å²) in [6.07, 6.45) is 1.12. The Balaban J connectivity index is 2.42. The van der Waals surface area contributed by atoms with Crippen LogP contribution in [0.15, 0.2) is 29.2 Å². The Bertz CT molecular complexity index is 453. The fraction of sp³-hybridized carbons (Fsp3) is 0.467. The lowest BCUT2D eigenvalue weighted by Gasteiger charge is -2.13. The number of nitriles is 1. The quantitative estimate of drug-likeness (QED) is 0.570. The van der Waals surface area contributed by atoms with Gasteiger partial charge in [-0.15, -0.1) is 11.8 Å². The molecule has 108 valence electrons. The topological polar surface area (TPSA) is 64.9 Å². The number of benzene rings is 1. The summed E-state index contributed by atoms with van der Waals surface area (Å²) in [6, 6.07) is 10.5. The summed E-state index contributed by atoms with van der Waals surface area (Å²) in [5.74, 6) is 0.226. The SMILES string of the molecule is CCCNC(C)c1ccc(SCC(=O)NCC#N)cc1. The molecule has 0 fully saturated rings. The number of amides is 1. The fourth-order valence-electron chi connectivity index (χ4n) is 1.67. The maximum atomic E-state index is 11.4. The van der Waals surface area contributed by atoms with Crippen LogP contribution >= 0.6 is 11.8 Å². The van der Waals surface area contributed by atoms with E-state index in [1.165, 1.54) is 17.3 Å². The smallest absolute Gasteiger partial charge is 0.231 e. The number of rotatable bonds is 8. The minimum absolute atomic E-state index is 0.0684. The van der Waals surface area contributed by atoms with Gasteiger partial charge in [-0.3, -0.25) is 4.79 Å². The number of carbonyl (C=O) groups excluding carboxylic acids is 1. The van der Waals surface area contributed by atoms with Gasteiger partial charge in [0.05, 0.1) is 11.8 Å². The molecule has 4 nitrogen and oxygen atoms in total. The van der Waals surface area contributed by atoms with E-state index >= 15 is 0 Å². The zero-order valence-electron chi connectivity index (χ0n) is 12.0. The molecule has 0 aliphatic carbocycles. The van der Waals surface area contributed by atoms with E-state index in [-0.39, 0.29) is 12.5 Å². The molecular weight excluding hydrogens is 270 g/mol. The monoisotopic (exact) mass is 291 g/mol. The Labute approximate surface area is 124 Å². The average Bonchev–Trinajstić information content (AvgIpc) is 2.49. The van der Waals surface area contributed by atoms with Crippen LogP contribution < -0.4 is 10.6 Å². The normalized spacial score (nSPS) is 11.7. The molecule has 0 bridgehead atoms. The van der Waals surface area contributed by atoms with E-state index in [9.17, 15) is 4.79 Å². The molecule has 1 amide bonds. The van der Waals surface area contributed by atoms with E-state index in [1.54, 1.807) is 0 Å². The fourth-order valence-corrected chi connectivity index (χ4v) is 2.40. The van der Waals surface area contributed by atoms with Crippen molar-refractivity contribution in [3.63, 3.8) is 0 Å². The first-order chi connectivity index (χ1) is 9.67. The first-order valence-corrected chi connectivity index (χ1v) is 7.75. The molecule has 2 N–H and O–H groups in total. The van der Waals surface area contributed by atoms with Gasteiger partial charge in [0.25, 0.3) is 0 Å². The number of hydrogen-bond acceptors (Lipinski definition) is 4. The summed E-state index contributed by atoms with van der Waals surface area (Å²) in [7, 11) is 0. The van der Waals surface area contributed by atoms with Crippen LogP contribution in [0.2, 0.25) is 0 Å². The zero-order valence-corrected chi connectivity index (χ0v) is 12.8. The molecule has 0 radical (unpaired) electrons. The minimum atomic E-state index is -0.112. The lowest BCUT2D eigenvalue weighted by molar-refractivity contribution is -0.118. The van der Waals surface area contributed by atoms with Gasteiger partial charge in [-0.05, 0) is 37.6 Å². The number of nitrogens with zero attached hydrogens (tertiary/aromatic N) is 1. The zero-order chi connectivity index (χ0) is 14.8. The molecule has 20 heavy (non-hydrogen) atoms. The van der Waals surface area contributed by atoms with Crippen LogP contribution in [-0.2, 0) is 4.79 Å². The first kappa shape index (κ1) is 16.5. The van der Waals surface area contributed by atoms with Gasteiger partial charge in [0.15, 0.2) is 0 Å². The van der Waals surface area contributed by atoms with E-state index < -0.39 is 0 Å². The molecule has 0 aliphatic rings. The van der Waals surface area contributed by atoms with E-state index in [0.29, 0.717) is 11.8 Å². The van der Waals surface area contributed by atoms with Gasteiger partial charge in [0.2, 0.25) is 5.91 Å². The van der Waals surface area contributed by atoms with Gasteiger partial charge in [0.1, 0.15) is 6.54 Å². The summed E-state index contributed by atoms with van der Waals surface area (Å²) < 4.78 is 0. The molecule has 0 saturated heterocycles. The van der Waals surface area contributed by atoms with E-state index in [0.717, 1.165) is 17.9 Å². The van der Waals surface area contributed by atoms with Gasteiger partial charge in [-0.2, -0.15) is 5.26 Å². The van der Waals surface area contributed by atoms with Gasteiger partial charge in [-0.1, -0.05) is 19.1 Å². The molecule has 5 heteroatoms. The molecule has 0 spiro atoms. The molecule has 0 saturated carbocycles. The molecule has 1 unspecified atom stereocenters. The Hall–Kier alpha value is -1.51. The third kappa shape index (κ3) is 6.09. The van der Waals surface area contributed by atoms with Crippen molar-refractivity contribution < 1.29 is 4.79 Å². The molecule has 1 atom stereocenters.